The summed E-state index contributed by atoms with van der Waals surface area (Å²) in [6, 6.07) is 1.72. The number of nitrogens with zero attached hydrogens (tertiary/aromatic N) is 2. The molecule has 1 aromatic heterocycles. The molecule has 0 saturated carbocycles. The van der Waals surface area contributed by atoms with Gasteiger partial charge in [0.25, 0.3) is 0 Å². The molecular weight excluding hydrogens is 143 g/mol. The van der Waals surface area contributed by atoms with Crippen LogP contribution >= 0.6 is 0 Å². The normalized spacial score (nSPS) is 13.0. The molecule has 4 nitrogen and oxygen atoms in total. The minimum absolute atomic E-state index is 0.0488. The highest BCUT2D eigenvalue weighted by atomic mass is 16.3. The Morgan fingerprint density at radius 1 is 1.82 bits per heavy atom. The summed E-state index contributed by atoms with van der Waals surface area (Å²) >= 11 is 0. The lowest BCUT2D eigenvalue weighted by Gasteiger charge is -2.02. The summed E-state index contributed by atoms with van der Waals surface area (Å²) in [7, 11) is -0.0488. The van der Waals surface area contributed by atoms with Gasteiger partial charge in [-0.3, -0.25) is 4.68 Å². The van der Waals surface area contributed by atoms with Crippen LogP contribution in [0.15, 0.2) is 12.3 Å². The zero-order valence-electron chi connectivity index (χ0n) is 6.44. The van der Waals surface area contributed by atoms with Crippen LogP contribution in [0.25, 0.3) is 0 Å². The second kappa shape index (κ2) is 3.55. The van der Waals surface area contributed by atoms with E-state index in [1.165, 1.54) is 0 Å². The molecule has 0 aliphatic heterocycles. The number of rotatable bonds is 3. The zero-order chi connectivity index (χ0) is 8.27. The van der Waals surface area contributed by atoms with Crippen LogP contribution in [0.2, 0.25) is 0 Å². The van der Waals surface area contributed by atoms with Gasteiger partial charge in [0.2, 0.25) is 0 Å². The molecule has 0 aliphatic rings. The van der Waals surface area contributed by atoms with E-state index in [-0.39, 0.29) is 7.48 Å². The highest BCUT2D eigenvalue weighted by Gasteiger charge is 2.00. The third kappa shape index (κ3) is 2.36. The number of hydrogen-bond donors (Lipinski definition) is 2. The Kier molecular flexibility index (Phi) is 2.67. The molecule has 1 heterocycles. The van der Waals surface area contributed by atoms with Crippen LogP contribution < -0.4 is 5.59 Å². The van der Waals surface area contributed by atoms with Gasteiger partial charge >= 0.3 is 7.48 Å². The molecular formula is C6H11BN2O2. The van der Waals surface area contributed by atoms with Gasteiger partial charge < -0.3 is 10.1 Å². The van der Waals surface area contributed by atoms with Crippen LogP contribution in [-0.4, -0.2) is 33.5 Å². The van der Waals surface area contributed by atoms with Crippen molar-refractivity contribution >= 4 is 13.1 Å². The van der Waals surface area contributed by atoms with Crippen LogP contribution in [0.1, 0.15) is 6.92 Å². The number of aliphatic hydroxyl groups is 1. The number of aliphatic hydroxyl groups excluding tert-OH is 1. The van der Waals surface area contributed by atoms with E-state index in [1.807, 2.05) is 0 Å². The van der Waals surface area contributed by atoms with E-state index in [1.54, 1.807) is 23.9 Å². The van der Waals surface area contributed by atoms with Crippen LogP contribution in [0, 0.1) is 0 Å². The van der Waals surface area contributed by atoms with Crippen molar-refractivity contribution in [1.82, 2.24) is 9.78 Å². The summed E-state index contributed by atoms with van der Waals surface area (Å²) < 4.78 is 1.61. The van der Waals surface area contributed by atoms with Crippen molar-refractivity contribution in [2.45, 2.75) is 19.6 Å². The predicted molar refractivity (Wildman–Crippen MR) is 42.9 cm³/mol. The molecule has 0 aromatic carbocycles. The molecule has 0 spiro atoms. The quantitative estimate of drug-likeness (QED) is 0.506. The van der Waals surface area contributed by atoms with Crippen LogP contribution in [0.4, 0.5) is 0 Å². The van der Waals surface area contributed by atoms with Gasteiger partial charge in [-0.05, 0) is 13.0 Å². The lowest BCUT2D eigenvalue weighted by atomic mass is 9.97. The van der Waals surface area contributed by atoms with E-state index in [9.17, 15) is 0 Å². The summed E-state index contributed by atoms with van der Waals surface area (Å²) in [6.45, 7) is 2.17. The monoisotopic (exact) mass is 154 g/mol. The highest BCUT2D eigenvalue weighted by Crippen LogP contribution is 1.87. The summed E-state index contributed by atoms with van der Waals surface area (Å²) in [6.07, 6.45) is 1.33. The molecule has 11 heavy (non-hydrogen) atoms. The van der Waals surface area contributed by atoms with Crippen LogP contribution in [-0.2, 0) is 6.54 Å². The van der Waals surface area contributed by atoms with Crippen LogP contribution in [0.3, 0.4) is 0 Å². The Morgan fingerprint density at radius 2 is 2.55 bits per heavy atom. The molecule has 0 aliphatic carbocycles. The van der Waals surface area contributed by atoms with Crippen molar-refractivity contribution < 1.29 is 10.1 Å². The van der Waals surface area contributed by atoms with Crippen molar-refractivity contribution in [3.63, 3.8) is 0 Å². The van der Waals surface area contributed by atoms with Crippen LogP contribution in [0.5, 0.6) is 0 Å². The zero-order valence-corrected chi connectivity index (χ0v) is 6.44. The van der Waals surface area contributed by atoms with Crippen molar-refractivity contribution in [3.8, 4) is 0 Å². The minimum Gasteiger partial charge on any atom is -0.448 e. The fraction of sp³-hybridized carbons (Fsp3) is 0.500. The van der Waals surface area contributed by atoms with E-state index in [0.29, 0.717) is 12.1 Å². The van der Waals surface area contributed by atoms with Crippen molar-refractivity contribution in [2.75, 3.05) is 0 Å². The molecule has 5 heteroatoms. The Bertz CT molecular complexity index is 224. The first-order valence-electron chi connectivity index (χ1n) is 3.53. The lowest BCUT2D eigenvalue weighted by Crippen LogP contribution is -2.19. The fourth-order valence-electron chi connectivity index (χ4n) is 0.860. The van der Waals surface area contributed by atoms with Gasteiger partial charge in [-0.25, -0.2) is 0 Å². The van der Waals surface area contributed by atoms with Gasteiger partial charge in [-0.1, -0.05) is 0 Å². The maximum Gasteiger partial charge on any atom is 0.327 e. The van der Waals surface area contributed by atoms with Gasteiger partial charge in [0.15, 0.2) is 0 Å². The number of hydrogen-bond acceptors (Lipinski definition) is 3. The minimum atomic E-state index is -0.401. The molecule has 0 unspecified atom stereocenters. The Hall–Kier alpha value is -0.805. The summed E-state index contributed by atoms with van der Waals surface area (Å²) in [4.78, 5) is 0. The third-order valence-electron chi connectivity index (χ3n) is 1.31. The summed E-state index contributed by atoms with van der Waals surface area (Å²) in [5.74, 6) is 0. The second-order valence-corrected chi connectivity index (χ2v) is 2.54. The van der Waals surface area contributed by atoms with E-state index < -0.39 is 6.10 Å². The smallest absolute Gasteiger partial charge is 0.327 e. The molecule has 60 valence electrons. The van der Waals surface area contributed by atoms with Crippen molar-refractivity contribution in [3.05, 3.63) is 12.3 Å². The van der Waals surface area contributed by atoms with Crippen molar-refractivity contribution in [2.24, 2.45) is 0 Å². The maximum atomic E-state index is 8.96. The molecule has 0 radical (unpaired) electrons. The standard InChI is InChI=1S/C6H11BN2O2/c1-5(10)4-9-3-2-6(7-11)8-9/h2-3,5,7,10-11H,4H2,1H3/t5-/m0/s1. The third-order valence-corrected chi connectivity index (χ3v) is 1.31. The molecule has 0 fully saturated rings. The average Bonchev–Trinajstić information content (AvgIpc) is 2.34. The molecule has 0 saturated heterocycles. The van der Waals surface area contributed by atoms with Gasteiger partial charge in [0.05, 0.1) is 18.2 Å². The van der Waals surface area contributed by atoms with Gasteiger partial charge in [-0.2, -0.15) is 5.10 Å². The van der Waals surface area contributed by atoms with E-state index in [2.05, 4.69) is 5.10 Å². The van der Waals surface area contributed by atoms with Gasteiger partial charge in [0.1, 0.15) is 0 Å². The molecule has 0 bridgehead atoms. The SMILES string of the molecule is C[C@H](O)Cn1ccc(BO)n1. The highest BCUT2D eigenvalue weighted by molar-refractivity contribution is 6.44. The van der Waals surface area contributed by atoms with Crippen molar-refractivity contribution in [1.29, 1.82) is 0 Å². The Morgan fingerprint density at radius 3 is 3.00 bits per heavy atom. The topological polar surface area (TPSA) is 58.3 Å². The van der Waals surface area contributed by atoms with E-state index in [4.69, 9.17) is 10.1 Å². The molecule has 1 rings (SSSR count). The number of aromatic nitrogens is 2. The molecule has 1 aromatic rings. The first-order chi connectivity index (χ1) is 5.22. The Labute approximate surface area is 65.7 Å². The first-order valence-corrected chi connectivity index (χ1v) is 3.53. The molecule has 2 N–H and O–H groups in total. The van der Waals surface area contributed by atoms with E-state index in [0.717, 1.165) is 0 Å². The predicted octanol–water partition coefficient (Wildman–Crippen LogP) is -1.77. The Balaban J connectivity index is 2.58. The lowest BCUT2D eigenvalue weighted by molar-refractivity contribution is 0.168. The first kappa shape index (κ1) is 8.29. The summed E-state index contributed by atoms with van der Waals surface area (Å²) in [5.41, 5.74) is 0.630. The van der Waals surface area contributed by atoms with Gasteiger partial charge in [-0.15, -0.1) is 0 Å². The molecule has 0 amide bonds. The average molecular weight is 154 g/mol. The van der Waals surface area contributed by atoms with Gasteiger partial charge in [0, 0.05) is 6.20 Å². The van der Waals surface area contributed by atoms with E-state index >= 15 is 0 Å². The maximum absolute atomic E-state index is 8.96. The second-order valence-electron chi connectivity index (χ2n) is 2.54. The summed E-state index contributed by atoms with van der Waals surface area (Å²) in [5, 5.41) is 21.6. The fourth-order valence-corrected chi connectivity index (χ4v) is 0.860. The largest absolute Gasteiger partial charge is 0.448 e. The molecule has 1 atom stereocenters.